The number of hydrogen-bond donors (Lipinski definition) is 2. The number of halogens is 2. The van der Waals surface area contributed by atoms with Crippen LogP contribution in [0.5, 0.6) is 0 Å². The number of nitrogens with zero attached hydrogens (tertiary/aromatic N) is 1. The van der Waals surface area contributed by atoms with E-state index in [9.17, 15) is 4.79 Å². The van der Waals surface area contributed by atoms with Crippen LogP contribution in [0.4, 0.5) is 5.13 Å². The Morgan fingerprint density at radius 1 is 1.53 bits per heavy atom. The molecule has 0 saturated heterocycles. The number of aromatic nitrogens is 1. The Morgan fingerprint density at radius 2 is 2.24 bits per heavy atom. The number of nitrogens with two attached hydrogens (primary N) is 1. The SMILES string of the molecule is Nc1nc(C(=O)O)c(-c2ccc(Br)cc2Cl)s1. The largest absolute Gasteiger partial charge is 0.476 e. The van der Waals surface area contributed by atoms with Gasteiger partial charge in [0.05, 0.1) is 9.90 Å². The molecule has 88 valence electrons. The molecule has 0 fully saturated rings. The molecule has 0 bridgehead atoms. The van der Waals surface area contributed by atoms with E-state index in [4.69, 9.17) is 22.4 Å². The number of benzene rings is 1. The van der Waals surface area contributed by atoms with E-state index < -0.39 is 5.97 Å². The molecule has 0 aliphatic heterocycles. The fourth-order valence-corrected chi connectivity index (χ4v) is 3.03. The summed E-state index contributed by atoms with van der Waals surface area (Å²) >= 11 is 10.5. The van der Waals surface area contributed by atoms with Gasteiger partial charge >= 0.3 is 5.97 Å². The molecule has 0 aliphatic rings. The first-order valence-electron chi connectivity index (χ1n) is 4.44. The minimum Gasteiger partial charge on any atom is -0.476 e. The Hall–Kier alpha value is -1.11. The fraction of sp³-hybridized carbons (Fsp3) is 0. The molecule has 0 spiro atoms. The Labute approximate surface area is 114 Å². The van der Waals surface area contributed by atoms with Gasteiger partial charge in [-0.2, -0.15) is 0 Å². The van der Waals surface area contributed by atoms with Crippen molar-refractivity contribution in [2.45, 2.75) is 0 Å². The van der Waals surface area contributed by atoms with Crippen molar-refractivity contribution in [1.29, 1.82) is 0 Å². The van der Waals surface area contributed by atoms with Gasteiger partial charge in [-0.1, -0.05) is 44.9 Å². The molecular formula is C10H6BrClN2O2S. The minimum atomic E-state index is -1.12. The summed E-state index contributed by atoms with van der Waals surface area (Å²) in [6.45, 7) is 0. The predicted molar refractivity (Wildman–Crippen MR) is 71.6 cm³/mol. The molecule has 1 heterocycles. The first-order chi connectivity index (χ1) is 7.99. The standard InChI is InChI=1S/C10H6BrClN2O2S/c11-4-1-2-5(6(12)3-4)8-7(9(15)16)14-10(13)17-8/h1-3H,(H2,13,14)(H,15,16). The molecule has 0 saturated carbocycles. The number of rotatable bonds is 2. The van der Waals surface area contributed by atoms with E-state index in [2.05, 4.69) is 20.9 Å². The molecule has 1 aromatic carbocycles. The van der Waals surface area contributed by atoms with Crippen LogP contribution in [0.3, 0.4) is 0 Å². The topological polar surface area (TPSA) is 76.2 Å². The van der Waals surface area contributed by atoms with Crippen molar-refractivity contribution < 1.29 is 9.90 Å². The van der Waals surface area contributed by atoms with E-state index in [1.807, 2.05) is 0 Å². The van der Waals surface area contributed by atoms with E-state index in [-0.39, 0.29) is 10.8 Å². The molecule has 0 unspecified atom stereocenters. The summed E-state index contributed by atoms with van der Waals surface area (Å²) in [5, 5.41) is 9.68. The highest BCUT2D eigenvalue weighted by atomic mass is 79.9. The Morgan fingerprint density at radius 3 is 2.82 bits per heavy atom. The summed E-state index contributed by atoms with van der Waals surface area (Å²) in [5.74, 6) is -1.12. The molecule has 3 N–H and O–H groups in total. The first-order valence-corrected chi connectivity index (χ1v) is 6.43. The fourth-order valence-electron chi connectivity index (χ4n) is 1.34. The van der Waals surface area contributed by atoms with E-state index in [0.717, 1.165) is 15.8 Å². The van der Waals surface area contributed by atoms with Crippen LogP contribution in [-0.2, 0) is 0 Å². The van der Waals surface area contributed by atoms with Gasteiger partial charge in [-0.3, -0.25) is 0 Å². The van der Waals surface area contributed by atoms with Gasteiger partial charge in [0.25, 0.3) is 0 Å². The van der Waals surface area contributed by atoms with Crippen molar-refractivity contribution in [3.05, 3.63) is 33.4 Å². The zero-order valence-corrected chi connectivity index (χ0v) is 11.4. The number of aromatic carboxylic acids is 1. The van der Waals surface area contributed by atoms with E-state index in [1.54, 1.807) is 18.2 Å². The number of carboxylic acid groups (broad SMARTS) is 1. The third-order valence-electron chi connectivity index (χ3n) is 2.02. The summed E-state index contributed by atoms with van der Waals surface area (Å²) in [6, 6.07) is 5.20. The molecule has 0 amide bonds. The van der Waals surface area contributed by atoms with Crippen molar-refractivity contribution in [3.8, 4) is 10.4 Å². The number of thiazole rings is 1. The zero-order valence-electron chi connectivity index (χ0n) is 8.28. The van der Waals surface area contributed by atoms with Crippen molar-refractivity contribution in [3.63, 3.8) is 0 Å². The highest BCUT2D eigenvalue weighted by molar-refractivity contribution is 9.10. The second kappa shape index (κ2) is 4.64. The lowest BCUT2D eigenvalue weighted by Gasteiger charge is -2.02. The molecule has 7 heteroatoms. The van der Waals surface area contributed by atoms with Gasteiger partial charge in [0.1, 0.15) is 0 Å². The predicted octanol–water partition coefficient (Wildman–Crippen LogP) is 3.51. The van der Waals surface area contributed by atoms with E-state index >= 15 is 0 Å². The monoisotopic (exact) mass is 332 g/mol. The maximum atomic E-state index is 11.0. The molecule has 4 nitrogen and oxygen atoms in total. The van der Waals surface area contributed by atoms with Crippen molar-refractivity contribution in [2.24, 2.45) is 0 Å². The number of anilines is 1. The summed E-state index contributed by atoms with van der Waals surface area (Å²) < 4.78 is 0.820. The first kappa shape index (κ1) is 12.3. The third kappa shape index (κ3) is 2.43. The summed E-state index contributed by atoms with van der Waals surface area (Å²) in [5.41, 5.74) is 6.07. The zero-order chi connectivity index (χ0) is 12.6. The maximum absolute atomic E-state index is 11.0. The Balaban J connectivity index is 2.63. The highest BCUT2D eigenvalue weighted by Crippen LogP contribution is 2.37. The Bertz CT molecular complexity index is 600. The molecule has 2 rings (SSSR count). The third-order valence-corrected chi connectivity index (χ3v) is 3.75. The van der Waals surface area contributed by atoms with Gasteiger partial charge in [0, 0.05) is 10.0 Å². The quantitative estimate of drug-likeness (QED) is 0.882. The van der Waals surface area contributed by atoms with Gasteiger partial charge < -0.3 is 10.8 Å². The average molecular weight is 334 g/mol. The van der Waals surface area contributed by atoms with Gasteiger partial charge in [-0.25, -0.2) is 9.78 Å². The average Bonchev–Trinajstić information content (AvgIpc) is 2.60. The lowest BCUT2D eigenvalue weighted by molar-refractivity contribution is 0.0692. The van der Waals surface area contributed by atoms with Crippen LogP contribution in [0.15, 0.2) is 22.7 Å². The molecular weight excluding hydrogens is 328 g/mol. The second-order valence-electron chi connectivity index (χ2n) is 3.16. The lowest BCUT2D eigenvalue weighted by atomic mass is 10.1. The number of carbonyl (C=O) groups is 1. The van der Waals surface area contributed by atoms with Crippen LogP contribution >= 0.6 is 38.9 Å². The molecule has 2 aromatic rings. The van der Waals surface area contributed by atoms with E-state index in [1.165, 1.54) is 0 Å². The van der Waals surface area contributed by atoms with Crippen LogP contribution in [0.1, 0.15) is 10.5 Å². The van der Waals surface area contributed by atoms with Crippen molar-refractivity contribution in [1.82, 2.24) is 4.98 Å². The molecule has 0 radical (unpaired) electrons. The van der Waals surface area contributed by atoms with Gasteiger partial charge in [0.15, 0.2) is 10.8 Å². The molecule has 17 heavy (non-hydrogen) atoms. The van der Waals surface area contributed by atoms with E-state index in [0.29, 0.717) is 15.5 Å². The smallest absolute Gasteiger partial charge is 0.356 e. The van der Waals surface area contributed by atoms with Crippen molar-refractivity contribution in [2.75, 3.05) is 5.73 Å². The number of nitrogen functional groups attached to an aromatic ring is 1. The molecule has 0 atom stereocenters. The summed E-state index contributed by atoms with van der Waals surface area (Å²) in [7, 11) is 0. The number of carboxylic acids is 1. The minimum absolute atomic E-state index is 0.0725. The van der Waals surface area contributed by atoms with Gasteiger partial charge in [-0.05, 0) is 12.1 Å². The summed E-state index contributed by atoms with van der Waals surface area (Å²) in [4.78, 5) is 15.3. The maximum Gasteiger partial charge on any atom is 0.356 e. The van der Waals surface area contributed by atoms with Crippen LogP contribution < -0.4 is 5.73 Å². The second-order valence-corrected chi connectivity index (χ2v) is 5.51. The normalized spacial score (nSPS) is 10.5. The Kier molecular flexibility index (Phi) is 3.37. The highest BCUT2D eigenvalue weighted by Gasteiger charge is 2.19. The van der Waals surface area contributed by atoms with Gasteiger partial charge in [-0.15, -0.1) is 0 Å². The van der Waals surface area contributed by atoms with Crippen LogP contribution in [0, 0.1) is 0 Å². The van der Waals surface area contributed by atoms with Crippen LogP contribution in [-0.4, -0.2) is 16.1 Å². The van der Waals surface area contributed by atoms with Crippen LogP contribution in [0.25, 0.3) is 10.4 Å². The lowest BCUT2D eigenvalue weighted by Crippen LogP contribution is -1.99. The van der Waals surface area contributed by atoms with Crippen LogP contribution in [0.2, 0.25) is 5.02 Å². The van der Waals surface area contributed by atoms with Gasteiger partial charge in [0.2, 0.25) is 0 Å². The van der Waals surface area contributed by atoms with Crippen molar-refractivity contribution >= 4 is 50.0 Å². The molecule has 1 aromatic heterocycles. The summed E-state index contributed by atoms with van der Waals surface area (Å²) in [6.07, 6.45) is 0. The number of hydrogen-bond acceptors (Lipinski definition) is 4. The molecule has 0 aliphatic carbocycles.